The molecule has 0 aromatic heterocycles. The van der Waals surface area contributed by atoms with Crippen LogP contribution in [0.25, 0.3) is 0 Å². The SMILES string of the molecule is CNCc1cc(Cl)cc(OC)c1OCOCC1CC1. The van der Waals surface area contributed by atoms with Gasteiger partial charge in [0.1, 0.15) is 0 Å². The lowest BCUT2D eigenvalue weighted by atomic mass is 10.2. The highest BCUT2D eigenvalue weighted by Crippen LogP contribution is 2.35. The van der Waals surface area contributed by atoms with Gasteiger partial charge in [-0.25, -0.2) is 0 Å². The van der Waals surface area contributed by atoms with E-state index in [2.05, 4.69) is 5.32 Å². The summed E-state index contributed by atoms with van der Waals surface area (Å²) in [5, 5.41) is 3.72. The summed E-state index contributed by atoms with van der Waals surface area (Å²) in [6, 6.07) is 3.62. The molecule has 1 aromatic carbocycles. The van der Waals surface area contributed by atoms with Crippen molar-refractivity contribution < 1.29 is 14.2 Å². The van der Waals surface area contributed by atoms with E-state index < -0.39 is 0 Å². The second-order valence-corrected chi connectivity index (χ2v) is 5.14. The summed E-state index contributed by atoms with van der Waals surface area (Å²) in [6.45, 7) is 1.68. The first-order valence-corrected chi connectivity index (χ1v) is 6.84. The monoisotopic (exact) mass is 285 g/mol. The van der Waals surface area contributed by atoms with Crippen LogP contribution < -0.4 is 14.8 Å². The maximum atomic E-state index is 6.05. The fraction of sp³-hybridized carbons (Fsp3) is 0.571. The van der Waals surface area contributed by atoms with Crippen molar-refractivity contribution >= 4 is 11.6 Å². The van der Waals surface area contributed by atoms with Gasteiger partial charge in [0.05, 0.1) is 13.7 Å². The second kappa shape index (κ2) is 6.98. The van der Waals surface area contributed by atoms with Crippen molar-refractivity contribution in [3.05, 3.63) is 22.7 Å². The zero-order valence-corrected chi connectivity index (χ0v) is 12.1. The Bertz CT molecular complexity index is 421. The number of ether oxygens (including phenoxy) is 3. The average Bonchev–Trinajstić information content (AvgIpc) is 3.20. The van der Waals surface area contributed by atoms with Crippen molar-refractivity contribution in [3.63, 3.8) is 0 Å². The molecule has 1 saturated carbocycles. The molecule has 106 valence electrons. The quantitative estimate of drug-likeness (QED) is 0.589. The number of hydrogen-bond donors (Lipinski definition) is 1. The van der Waals surface area contributed by atoms with Crippen LogP contribution in [-0.4, -0.2) is 27.6 Å². The largest absolute Gasteiger partial charge is 0.493 e. The average molecular weight is 286 g/mol. The Hall–Kier alpha value is -0.970. The third-order valence-electron chi connectivity index (χ3n) is 3.02. The summed E-state index contributed by atoms with van der Waals surface area (Å²) in [7, 11) is 3.48. The van der Waals surface area contributed by atoms with Crippen molar-refractivity contribution in [2.24, 2.45) is 5.92 Å². The minimum atomic E-state index is 0.241. The second-order valence-electron chi connectivity index (χ2n) is 4.70. The number of rotatable bonds is 8. The lowest BCUT2D eigenvalue weighted by molar-refractivity contribution is 0.00809. The van der Waals surface area contributed by atoms with Crippen LogP contribution >= 0.6 is 11.6 Å². The van der Waals surface area contributed by atoms with E-state index in [1.807, 2.05) is 13.1 Å². The summed E-state index contributed by atoms with van der Waals surface area (Å²) in [6.07, 6.45) is 2.55. The smallest absolute Gasteiger partial charge is 0.189 e. The van der Waals surface area contributed by atoms with Crippen molar-refractivity contribution in [1.82, 2.24) is 5.32 Å². The van der Waals surface area contributed by atoms with Gasteiger partial charge in [0.2, 0.25) is 0 Å². The highest BCUT2D eigenvalue weighted by atomic mass is 35.5. The molecule has 0 spiro atoms. The molecule has 0 saturated heterocycles. The lowest BCUT2D eigenvalue weighted by Crippen LogP contribution is -2.11. The summed E-state index contributed by atoms with van der Waals surface area (Å²) >= 11 is 6.05. The molecule has 0 bridgehead atoms. The number of hydrogen-bond acceptors (Lipinski definition) is 4. The first-order valence-electron chi connectivity index (χ1n) is 6.46. The minimum Gasteiger partial charge on any atom is -0.493 e. The Morgan fingerprint density at radius 3 is 2.79 bits per heavy atom. The Morgan fingerprint density at radius 2 is 2.16 bits per heavy atom. The third-order valence-corrected chi connectivity index (χ3v) is 3.24. The third kappa shape index (κ3) is 4.27. The Morgan fingerprint density at radius 1 is 1.37 bits per heavy atom. The standard InChI is InChI=1S/C14H20ClNO3/c1-16-7-11-5-12(15)6-13(17-2)14(11)19-9-18-8-10-3-4-10/h5-6,10,16H,3-4,7-9H2,1-2H3. The minimum absolute atomic E-state index is 0.241. The van der Waals surface area contributed by atoms with Gasteiger partial charge in [0.15, 0.2) is 18.3 Å². The van der Waals surface area contributed by atoms with E-state index in [1.54, 1.807) is 13.2 Å². The molecular weight excluding hydrogens is 266 g/mol. The Kier molecular flexibility index (Phi) is 5.31. The molecule has 1 aliphatic carbocycles. The van der Waals surface area contributed by atoms with Gasteiger partial charge in [-0.3, -0.25) is 0 Å². The van der Waals surface area contributed by atoms with E-state index in [0.717, 1.165) is 18.1 Å². The van der Waals surface area contributed by atoms with Gasteiger partial charge in [-0.1, -0.05) is 11.6 Å². The maximum Gasteiger partial charge on any atom is 0.189 e. The van der Waals surface area contributed by atoms with Crippen LogP contribution in [0.5, 0.6) is 11.5 Å². The van der Waals surface area contributed by atoms with Gasteiger partial charge in [0, 0.05) is 23.2 Å². The zero-order chi connectivity index (χ0) is 13.7. The molecule has 1 N–H and O–H groups in total. The van der Waals surface area contributed by atoms with Crippen molar-refractivity contribution in [2.45, 2.75) is 19.4 Å². The Balaban J connectivity index is 2.01. The molecule has 0 radical (unpaired) electrons. The number of halogens is 1. The molecule has 0 unspecified atom stereocenters. The van der Waals surface area contributed by atoms with Crippen LogP contribution in [0.4, 0.5) is 0 Å². The predicted octanol–water partition coefficient (Wildman–Crippen LogP) is 2.83. The lowest BCUT2D eigenvalue weighted by Gasteiger charge is -2.15. The zero-order valence-electron chi connectivity index (χ0n) is 11.4. The van der Waals surface area contributed by atoms with Gasteiger partial charge in [0.25, 0.3) is 0 Å². The van der Waals surface area contributed by atoms with E-state index >= 15 is 0 Å². The molecule has 1 aromatic rings. The van der Waals surface area contributed by atoms with Crippen LogP contribution in [0.2, 0.25) is 5.02 Å². The predicted molar refractivity (Wildman–Crippen MR) is 74.9 cm³/mol. The molecule has 2 rings (SSSR count). The van der Waals surface area contributed by atoms with Gasteiger partial charge in [-0.15, -0.1) is 0 Å². The van der Waals surface area contributed by atoms with Gasteiger partial charge >= 0.3 is 0 Å². The van der Waals surface area contributed by atoms with Crippen molar-refractivity contribution in [2.75, 3.05) is 27.6 Å². The highest BCUT2D eigenvalue weighted by molar-refractivity contribution is 6.30. The Labute approximate surface area is 119 Å². The fourth-order valence-electron chi connectivity index (χ4n) is 1.86. The normalized spacial score (nSPS) is 14.5. The fourth-order valence-corrected chi connectivity index (χ4v) is 2.09. The van der Waals surface area contributed by atoms with E-state index in [1.165, 1.54) is 12.8 Å². The van der Waals surface area contributed by atoms with Gasteiger partial charge in [-0.2, -0.15) is 0 Å². The van der Waals surface area contributed by atoms with Crippen LogP contribution in [0.1, 0.15) is 18.4 Å². The van der Waals surface area contributed by atoms with E-state index in [0.29, 0.717) is 23.1 Å². The van der Waals surface area contributed by atoms with Crippen LogP contribution in [0.15, 0.2) is 12.1 Å². The van der Waals surface area contributed by atoms with Crippen molar-refractivity contribution in [3.8, 4) is 11.5 Å². The number of nitrogens with one attached hydrogen (secondary N) is 1. The van der Waals surface area contributed by atoms with E-state index in [4.69, 9.17) is 25.8 Å². The maximum absolute atomic E-state index is 6.05. The number of methoxy groups -OCH3 is 1. The topological polar surface area (TPSA) is 39.7 Å². The first-order chi connectivity index (χ1) is 9.24. The first kappa shape index (κ1) is 14.4. The summed E-state index contributed by atoms with van der Waals surface area (Å²) < 4.78 is 16.5. The molecule has 5 heteroatoms. The number of benzene rings is 1. The molecule has 1 aliphatic rings. The summed E-state index contributed by atoms with van der Waals surface area (Å²) in [4.78, 5) is 0. The molecule has 4 nitrogen and oxygen atoms in total. The van der Waals surface area contributed by atoms with E-state index in [-0.39, 0.29) is 6.79 Å². The van der Waals surface area contributed by atoms with Crippen LogP contribution in [0, 0.1) is 5.92 Å². The van der Waals surface area contributed by atoms with Crippen LogP contribution in [-0.2, 0) is 11.3 Å². The van der Waals surface area contributed by atoms with E-state index in [9.17, 15) is 0 Å². The molecule has 0 aliphatic heterocycles. The van der Waals surface area contributed by atoms with Gasteiger partial charge < -0.3 is 19.5 Å². The van der Waals surface area contributed by atoms with Crippen molar-refractivity contribution in [1.29, 1.82) is 0 Å². The highest BCUT2D eigenvalue weighted by Gasteiger charge is 2.21. The molecule has 0 amide bonds. The molecule has 0 atom stereocenters. The molecule has 0 heterocycles. The molecular formula is C14H20ClNO3. The summed E-state index contributed by atoms with van der Waals surface area (Å²) in [5.74, 6) is 2.05. The molecule has 19 heavy (non-hydrogen) atoms. The molecule has 1 fully saturated rings. The summed E-state index contributed by atoms with van der Waals surface area (Å²) in [5.41, 5.74) is 0.960. The van der Waals surface area contributed by atoms with Gasteiger partial charge in [-0.05, 0) is 31.9 Å². The van der Waals surface area contributed by atoms with Crippen LogP contribution in [0.3, 0.4) is 0 Å².